The van der Waals surface area contributed by atoms with Crippen LogP contribution in [0.2, 0.25) is 0 Å². The first-order valence-electron chi connectivity index (χ1n) is 9.90. The number of nitrogens with zero attached hydrogens (tertiary/aromatic N) is 4. The van der Waals surface area contributed by atoms with Crippen molar-refractivity contribution in [3.8, 4) is 0 Å². The highest BCUT2D eigenvalue weighted by molar-refractivity contribution is 5.97. The predicted octanol–water partition coefficient (Wildman–Crippen LogP) is 1.12. The number of carbonyl (C=O) groups is 1. The molecule has 0 unspecified atom stereocenters. The van der Waals surface area contributed by atoms with Crippen LogP contribution in [-0.2, 0) is 4.74 Å². The van der Waals surface area contributed by atoms with Crippen molar-refractivity contribution < 1.29 is 9.53 Å². The third-order valence-electron chi connectivity index (χ3n) is 5.15. The minimum absolute atomic E-state index is 0.294. The second-order valence-electron chi connectivity index (χ2n) is 7.62. The van der Waals surface area contributed by atoms with E-state index in [1.54, 1.807) is 6.26 Å². The molecule has 1 amide bonds. The van der Waals surface area contributed by atoms with E-state index in [1.807, 2.05) is 18.2 Å². The van der Waals surface area contributed by atoms with Gasteiger partial charge in [-0.1, -0.05) is 0 Å². The van der Waals surface area contributed by atoms with Crippen molar-refractivity contribution in [1.82, 2.24) is 19.8 Å². The summed E-state index contributed by atoms with van der Waals surface area (Å²) in [6.45, 7) is 3.60. The minimum atomic E-state index is -0.546. The van der Waals surface area contributed by atoms with Crippen molar-refractivity contribution in [1.29, 1.82) is 0 Å². The van der Waals surface area contributed by atoms with Gasteiger partial charge < -0.3 is 30.9 Å². The van der Waals surface area contributed by atoms with Crippen LogP contribution in [0, 0.1) is 0 Å². The van der Waals surface area contributed by atoms with E-state index in [0.29, 0.717) is 36.0 Å². The second kappa shape index (κ2) is 8.52. The van der Waals surface area contributed by atoms with Crippen molar-refractivity contribution in [3.05, 3.63) is 48.1 Å². The fourth-order valence-corrected chi connectivity index (χ4v) is 3.34. The average molecular weight is 397 g/mol. The molecule has 0 bridgehead atoms. The van der Waals surface area contributed by atoms with Crippen molar-refractivity contribution >= 4 is 17.7 Å². The summed E-state index contributed by atoms with van der Waals surface area (Å²) in [5, 5.41) is 6.42. The predicted molar refractivity (Wildman–Crippen MR) is 111 cm³/mol. The number of ether oxygens (including phenoxy) is 1. The van der Waals surface area contributed by atoms with Gasteiger partial charge in [0, 0.05) is 37.6 Å². The number of nitrogens with two attached hydrogens (primary N) is 1. The van der Waals surface area contributed by atoms with Crippen molar-refractivity contribution in [2.45, 2.75) is 24.9 Å². The molecular formula is C20H27N7O2. The SMILES string of the molecule is CN1CCN2/C=C/C=C(Nc3ncc(C(N)=O)c(NC4CC4)n3)\C=C\OC[C@@H]2C1. The zero-order valence-corrected chi connectivity index (χ0v) is 16.5. The molecule has 1 aliphatic carbocycles. The van der Waals surface area contributed by atoms with Crippen LogP contribution in [0.15, 0.2) is 42.6 Å². The van der Waals surface area contributed by atoms with Crippen LogP contribution in [0.5, 0.6) is 0 Å². The van der Waals surface area contributed by atoms with Crippen LogP contribution in [-0.4, -0.2) is 71.0 Å². The molecule has 29 heavy (non-hydrogen) atoms. The van der Waals surface area contributed by atoms with E-state index >= 15 is 0 Å². The zero-order valence-electron chi connectivity index (χ0n) is 16.5. The number of fused-ring (bicyclic) bond motifs is 1. The van der Waals surface area contributed by atoms with E-state index in [4.69, 9.17) is 10.5 Å². The Labute approximate surface area is 170 Å². The molecule has 1 saturated heterocycles. The van der Waals surface area contributed by atoms with E-state index < -0.39 is 5.91 Å². The maximum absolute atomic E-state index is 11.6. The number of carbonyl (C=O) groups excluding carboxylic acids is 1. The van der Waals surface area contributed by atoms with E-state index in [2.05, 4.69) is 43.6 Å². The standard InChI is InChI=1S/C20H27N7O2/c1-26-8-9-27-7-2-3-14(6-10-29-13-16(27)12-26)24-20-22-11-17(18(21)28)19(25-20)23-15-4-5-15/h2-3,6-7,10-11,15-16H,4-5,8-9,12-13H2,1H3,(H2,21,28)(H2,22,23,24,25)/b7-2+,10-6+,14-3+/t16-/m0/s1. The number of aromatic nitrogens is 2. The van der Waals surface area contributed by atoms with Gasteiger partial charge in [0.25, 0.3) is 5.91 Å². The summed E-state index contributed by atoms with van der Waals surface area (Å²) < 4.78 is 5.75. The molecule has 4 rings (SSSR count). The van der Waals surface area contributed by atoms with Crippen LogP contribution in [0.4, 0.5) is 11.8 Å². The van der Waals surface area contributed by atoms with Crippen molar-refractivity contribution in [2.24, 2.45) is 5.73 Å². The smallest absolute Gasteiger partial charge is 0.254 e. The van der Waals surface area contributed by atoms with Crippen LogP contribution in [0.3, 0.4) is 0 Å². The molecule has 2 aliphatic heterocycles. The lowest BCUT2D eigenvalue weighted by Gasteiger charge is -2.39. The van der Waals surface area contributed by atoms with Crippen molar-refractivity contribution in [2.75, 3.05) is 43.9 Å². The third kappa shape index (κ3) is 5.05. The Balaban J connectivity index is 1.50. The van der Waals surface area contributed by atoms with Crippen LogP contribution in [0.1, 0.15) is 23.2 Å². The molecule has 3 heterocycles. The number of piperazine rings is 1. The van der Waals surface area contributed by atoms with Gasteiger partial charge in [0.1, 0.15) is 12.4 Å². The summed E-state index contributed by atoms with van der Waals surface area (Å²) in [7, 11) is 2.13. The van der Waals surface area contributed by atoms with Gasteiger partial charge in [-0.2, -0.15) is 4.98 Å². The largest absolute Gasteiger partial charge is 0.499 e. The molecule has 9 nitrogen and oxygen atoms in total. The molecule has 2 fully saturated rings. The molecule has 0 aromatic carbocycles. The number of allylic oxidation sites excluding steroid dienone is 3. The number of nitrogens with one attached hydrogen (secondary N) is 2. The first-order valence-corrected chi connectivity index (χ1v) is 9.90. The number of primary amides is 1. The molecule has 3 aliphatic rings. The summed E-state index contributed by atoms with van der Waals surface area (Å²) in [6, 6.07) is 0.676. The number of hydrogen-bond acceptors (Lipinski definition) is 8. The van der Waals surface area contributed by atoms with Gasteiger partial charge in [0.15, 0.2) is 0 Å². The van der Waals surface area contributed by atoms with Crippen molar-refractivity contribution in [3.63, 3.8) is 0 Å². The third-order valence-corrected chi connectivity index (χ3v) is 5.15. The van der Waals surface area contributed by atoms with Crippen LogP contribution in [0.25, 0.3) is 0 Å². The molecular weight excluding hydrogens is 370 g/mol. The Kier molecular flexibility index (Phi) is 5.66. The highest BCUT2D eigenvalue weighted by Gasteiger charge is 2.25. The van der Waals surface area contributed by atoms with Gasteiger partial charge in [0.05, 0.1) is 17.9 Å². The summed E-state index contributed by atoms with van der Waals surface area (Å²) in [5.41, 5.74) is 6.51. The Hall–Kier alpha value is -3.07. The first kappa shape index (κ1) is 19.3. The molecule has 4 N–H and O–H groups in total. The van der Waals surface area contributed by atoms with Gasteiger partial charge in [-0.15, -0.1) is 0 Å². The molecule has 1 aromatic rings. The van der Waals surface area contributed by atoms with Gasteiger partial charge in [-0.3, -0.25) is 4.79 Å². The Morgan fingerprint density at radius 2 is 2.21 bits per heavy atom. The maximum atomic E-state index is 11.6. The quantitative estimate of drug-likeness (QED) is 0.678. The lowest BCUT2D eigenvalue weighted by atomic mass is 10.2. The summed E-state index contributed by atoms with van der Waals surface area (Å²) in [5.74, 6) is 0.307. The first-order chi connectivity index (χ1) is 14.1. The highest BCUT2D eigenvalue weighted by atomic mass is 16.5. The molecule has 0 spiro atoms. The zero-order chi connectivity index (χ0) is 20.2. The monoisotopic (exact) mass is 397 g/mol. The normalized spacial score (nSPS) is 26.3. The highest BCUT2D eigenvalue weighted by Crippen LogP contribution is 2.26. The van der Waals surface area contributed by atoms with Crippen LogP contribution < -0.4 is 16.4 Å². The lowest BCUT2D eigenvalue weighted by molar-refractivity contribution is 0.0769. The van der Waals surface area contributed by atoms with Gasteiger partial charge in [0.2, 0.25) is 5.95 Å². The molecule has 1 aromatic heterocycles. The number of anilines is 2. The minimum Gasteiger partial charge on any atom is -0.499 e. The Bertz CT molecular complexity index is 847. The summed E-state index contributed by atoms with van der Waals surface area (Å²) >= 11 is 0. The Morgan fingerprint density at radius 3 is 3.00 bits per heavy atom. The van der Waals surface area contributed by atoms with E-state index in [9.17, 15) is 4.79 Å². The number of hydrogen-bond donors (Lipinski definition) is 3. The number of amides is 1. The van der Waals surface area contributed by atoms with E-state index in [0.717, 1.165) is 38.2 Å². The van der Waals surface area contributed by atoms with Gasteiger partial charge in [-0.25, -0.2) is 4.98 Å². The molecule has 154 valence electrons. The summed E-state index contributed by atoms with van der Waals surface area (Å²) in [6.07, 6.45) is 13.2. The molecule has 1 saturated carbocycles. The molecule has 0 radical (unpaired) electrons. The lowest BCUT2D eigenvalue weighted by Crippen LogP contribution is -2.51. The number of likely N-dealkylation sites (N-methyl/N-ethyl adjacent to an activating group) is 1. The summed E-state index contributed by atoms with van der Waals surface area (Å²) in [4.78, 5) is 24.9. The average Bonchev–Trinajstić information content (AvgIpc) is 3.50. The fourth-order valence-electron chi connectivity index (χ4n) is 3.34. The van der Waals surface area contributed by atoms with Gasteiger partial charge in [-0.05, 0) is 44.3 Å². The molecule has 9 heteroatoms. The van der Waals surface area contributed by atoms with Crippen LogP contribution >= 0.6 is 0 Å². The topological polar surface area (TPSA) is 109 Å². The second-order valence-corrected chi connectivity index (χ2v) is 7.62. The Morgan fingerprint density at radius 1 is 1.34 bits per heavy atom. The van der Waals surface area contributed by atoms with E-state index in [1.165, 1.54) is 6.20 Å². The maximum Gasteiger partial charge on any atom is 0.254 e. The fraction of sp³-hybridized carbons (Fsp3) is 0.450. The number of rotatable bonds is 5. The van der Waals surface area contributed by atoms with Gasteiger partial charge >= 0.3 is 0 Å². The molecule has 1 atom stereocenters. The van der Waals surface area contributed by atoms with E-state index in [-0.39, 0.29) is 0 Å².